The molecule has 1 aliphatic rings. The monoisotopic (exact) mass is 240 g/mol. The minimum Gasteiger partial charge on any atom is -0.460 e. The van der Waals surface area contributed by atoms with Gasteiger partial charge in [-0.2, -0.15) is 0 Å². The maximum absolute atomic E-state index is 5.88. The lowest BCUT2D eigenvalue weighted by Gasteiger charge is -2.15. The fraction of sp³-hybridized carbons (Fsp3) is 0.250. The van der Waals surface area contributed by atoms with Crippen LogP contribution in [0.2, 0.25) is 0 Å². The third-order valence-electron chi connectivity index (χ3n) is 3.25. The molecule has 0 radical (unpaired) electrons. The van der Waals surface area contributed by atoms with Crippen molar-refractivity contribution in [3.05, 3.63) is 54.1 Å². The molecule has 0 spiro atoms. The van der Waals surface area contributed by atoms with Crippen LogP contribution in [0.5, 0.6) is 5.75 Å². The fourth-order valence-corrected chi connectivity index (χ4v) is 2.05. The first-order chi connectivity index (χ1) is 8.68. The quantitative estimate of drug-likeness (QED) is 0.761. The highest BCUT2D eigenvalue weighted by atomic mass is 16.8. The second kappa shape index (κ2) is 4.14. The molecule has 0 bridgehead atoms. The van der Waals surface area contributed by atoms with Crippen molar-refractivity contribution in [1.82, 2.24) is 0 Å². The second-order valence-corrected chi connectivity index (χ2v) is 4.82. The maximum atomic E-state index is 5.88. The van der Waals surface area contributed by atoms with E-state index in [2.05, 4.69) is 25.1 Å². The van der Waals surface area contributed by atoms with Gasteiger partial charge in [0.2, 0.25) is 5.79 Å². The highest BCUT2D eigenvalue weighted by Gasteiger charge is 2.42. The number of rotatable bonds is 3. The summed E-state index contributed by atoms with van der Waals surface area (Å²) in [6.07, 6.45) is 0. The molecule has 0 aromatic heterocycles. The van der Waals surface area contributed by atoms with Gasteiger partial charge in [-0.15, -0.1) is 0 Å². The Kier molecular flexibility index (Phi) is 2.60. The highest BCUT2D eigenvalue weighted by Crippen LogP contribution is 2.35. The van der Waals surface area contributed by atoms with Crippen LogP contribution >= 0.6 is 0 Å². The Morgan fingerprint density at radius 2 is 1.78 bits per heavy atom. The van der Waals surface area contributed by atoms with Crippen LogP contribution in [0.25, 0.3) is 11.1 Å². The van der Waals surface area contributed by atoms with Gasteiger partial charge in [0.05, 0.1) is 0 Å². The second-order valence-electron chi connectivity index (χ2n) is 4.82. The van der Waals surface area contributed by atoms with Crippen LogP contribution in [0.1, 0.15) is 12.5 Å². The molecular formula is C16H16O2. The Morgan fingerprint density at radius 3 is 2.44 bits per heavy atom. The van der Waals surface area contributed by atoms with Gasteiger partial charge < -0.3 is 9.47 Å². The summed E-state index contributed by atoms with van der Waals surface area (Å²) >= 11 is 0. The third kappa shape index (κ3) is 2.12. The summed E-state index contributed by atoms with van der Waals surface area (Å²) in [5.41, 5.74) is 3.57. The van der Waals surface area contributed by atoms with Crippen molar-refractivity contribution in [3.8, 4) is 16.9 Å². The van der Waals surface area contributed by atoms with E-state index in [1.807, 2.05) is 37.3 Å². The minimum absolute atomic E-state index is 0.417. The normalized spacial score (nSPS) is 21.7. The molecule has 1 saturated heterocycles. The van der Waals surface area contributed by atoms with Crippen LogP contribution in [0.15, 0.2) is 48.5 Å². The average Bonchev–Trinajstić information content (AvgIpc) is 3.11. The van der Waals surface area contributed by atoms with Crippen molar-refractivity contribution in [2.24, 2.45) is 0 Å². The molecule has 1 aliphatic heterocycles. The zero-order valence-corrected chi connectivity index (χ0v) is 10.6. The molecule has 2 heteroatoms. The van der Waals surface area contributed by atoms with Crippen LogP contribution in [0, 0.1) is 6.92 Å². The first-order valence-corrected chi connectivity index (χ1v) is 6.16. The lowest BCUT2D eigenvalue weighted by atomic mass is 10.00. The van der Waals surface area contributed by atoms with Crippen molar-refractivity contribution in [3.63, 3.8) is 0 Å². The van der Waals surface area contributed by atoms with Crippen molar-refractivity contribution < 1.29 is 9.47 Å². The molecule has 1 fully saturated rings. The Morgan fingerprint density at radius 1 is 1.06 bits per heavy atom. The van der Waals surface area contributed by atoms with Crippen LogP contribution in [-0.4, -0.2) is 12.4 Å². The lowest BCUT2D eigenvalue weighted by molar-refractivity contribution is 0.0796. The molecule has 92 valence electrons. The Hall–Kier alpha value is -1.80. The summed E-state index contributed by atoms with van der Waals surface area (Å²) in [6.45, 7) is 4.72. The topological polar surface area (TPSA) is 21.8 Å². The SMILES string of the molecule is Cc1c(OC2(C)CO2)cccc1-c1ccccc1. The van der Waals surface area contributed by atoms with E-state index in [9.17, 15) is 0 Å². The molecule has 1 heterocycles. The van der Waals surface area contributed by atoms with E-state index in [4.69, 9.17) is 9.47 Å². The number of benzene rings is 2. The largest absolute Gasteiger partial charge is 0.460 e. The molecule has 1 atom stereocenters. The van der Waals surface area contributed by atoms with Gasteiger partial charge >= 0.3 is 0 Å². The molecule has 1 unspecified atom stereocenters. The van der Waals surface area contributed by atoms with E-state index >= 15 is 0 Å². The van der Waals surface area contributed by atoms with Gasteiger partial charge in [-0.05, 0) is 29.7 Å². The van der Waals surface area contributed by atoms with E-state index in [1.165, 1.54) is 11.1 Å². The molecular weight excluding hydrogens is 224 g/mol. The zero-order valence-electron chi connectivity index (χ0n) is 10.6. The predicted molar refractivity (Wildman–Crippen MR) is 71.6 cm³/mol. The van der Waals surface area contributed by atoms with Gasteiger partial charge in [0.25, 0.3) is 0 Å². The third-order valence-corrected chi connectivity index (χ3v) is 3.25. The molecule has 0 saturated carbocycles. The lowest BCUT2D eigenvalue weighted by Crippen LogP contribution is -2.15. The fourth-order valence-electron chi connectivity index (χ4n) is 2.05. The van der Waals surface area contributed by atoms with Crippen molar-refractivity contribution in [2.45, 2.75) is 19.6 Å². The first kappa shape index (κ1) is 11.3. The van der Waals surface area contributed by atoms with Crippen molar-refractivity contribution >= 4 is 0 Å². The van der Waals surface area contributed by atoms with Gasteiger partial charge in [0, 0.05) is 6.92 Å². The Balaban J connectivity index is 1.99. The number of ether oxygens (including phenoxy) is 2. The molecule has 0 N–H and O–H groups in total. The number of hydrogen-bond donors (Lipinski definition) is 0. The molecule has 2 aromatic carbocycles. The maximum Gasteiger partial charge on any atom is 0.231 e. The highest BCUT2D eigenvalue weighted by molar-refractivity contribution is 5.69. The van der Waals surface area contributed by atoms with Gasteiger partial charge in [-0.3, -0.25) is 0 Å². The molecule has 18 heavy (non-hydrogen) atoms. The summed E-state index contributed by atoms with van der Waals surface area (Å²) in [7, 11) is 0. The van der Waals surface area contributed by atoms with E-state index in [1.54, 1.807) is 0 Å². The van der Waals surface area contributed by atoms with E-state index in [0.29, 0.717) is 6.61 Å². The molecule has 0 aliphatic carbocycles. The summed E-state index contributed by atoms with van der Waals surface area (Å²) < 4.78 is 11.2. The summed E-state index contributed by atoms with van der Waals surface area (Å²) in [5.74, 6) is 0.483. The van der Waals surface area contributed by atoms with Crippen LogP contribution in [0.4, 0.5) is 0 Å². The molecule has 2 aromatic rings. The van der Waals surface area contributed by atoms with Gasteiger partial charge in [-0.1, -0.05) is 42.5 Å². The molecule has 3 rings (SSSR count). The standard InChI is InChI=1S/C16H16O2/c1-12-14(13-7-4-3-5-8-13)9-6-10-15(12)18-16(2)11-17-16/h3-10H,11H2,1-2H3. The number of hydrogen-bond acceptors (Lipinski definition) is 2. The molecule has 0 amide bonds. The zero-order chi connectivity index (χ0) is 12.6. The van der Waals surface area contributed by atoms with Gasteiger partial charge in [0.15, 0.2) is 0 Å². The van der Waals surface area contributed by atoms with Gasteiger partial charge in [0.1, 0.15) is 12.4 Å². The van der Waals surface area contributed by atoms with Crippen LogP contribution in [0.3, 0.4) is 0 Å². The smallest absolute Gasteiger partial charge is 0.231 e. The number of epoxide rings is 1. The minimum atomic E-state index is -0.417. The van der Waals surface area contributed by atoms with E-state index in [-0.39, 0.29) is 0 Å². The summed E-state index contributed by atoms with van der Waals surface area (Å²) in [4.78, 5) is 0. The summed E-state index contributed by atoms with van der Waals surface area (Å²) in [6, 6.07) is 16.5. The summed E-state index contributed by atoms with van der Waals surface area (Å²) in [5, 5.41) is 0. The molecule has 2 nitrogen and oxygen atoms in total. The van der Waals surface area contributed by atoms with Gasteiger partial charge in [-0.25, -0.2) is 0 Å². The van der Waals surface area contributed by atoms with Crippen molar-refractivity contribution in [2.75, 3.05) is 6.61 Å². The van der Waals surface area contributed by atoms with Crippen molar-refractivity contribution in [1.29, 1.82) is 0 Å². The van der Waals surface area contributed by atoms with E-state index in [0.717, 1.165) is 11.3 Å². The first-order valence-electron chi connectivity index (χ1n) is 6.16. The Bertz CT molecular complexity index is 557. The van der Waals surface area contributed by atoms with E-state index < -0.39 is 5.79 Å². The van der Waals surface area contributed by atoms with Crippen LogP contribution < -0.4 is 4.74 Å². The van der Waals surface area contributed by atoms with Crippen LogP contribution in [-0.2, 0) is 4.74 Å². The predicted octanol–water partition coefficient (Wildman–Crippen LogP) is 3.79. The Labute approximate surface area is 107 Å². The average molecular weight is 240 g/mol.